The molecule has 2 aliphatic rings. The van der Waals surface area contributed by atoms with Crippen molar-refractivity contribution >= 4 is 57.2 Å². The Labute approximate surface area is 172 Å². The molecule has 0 bridgehead atoms. The number of hydrogen-bond acceptors (Lipinski definition) is 4. The van der Waals surface area contributed by atoms with E-state index in [1.165, 1.54) is 11.3 Å². The van der Waals surface area contributed by atoms with Gasteiger partial charge in [-0.3, -0.25) is 4.99 Å². The number of anilines is 1. The highest BCUT2D eigenvalue weighted by Gasteiger charge is 2.28. The van der Waals surface area contributed by atoms with E-state index in [1.807, 2.05) is 0 Å². The largest absolute Gasteiger partial charge is 0.355 e. The lowest BCUT2D eigenvalue weighted by atomic mass is 10.1. The van der Waals surface area contributed by atoms with Crippen LogP contribution < -0.4 is 10.2 Å². The Bertz CT molecular complexity index is 710. The molecule has 1 fully saturated rings. The number of nitrogens with zero attached hydrogens (tertiary/aromatic N) is 2. The number of nitrogens with one attached hydrogen (secondary N) is 1. The van der Waals surface area contributed by atoms with Crippen molar-refractivity contribution in [3.05, 3.63) is 29.8 Å². The maximum absolute atomic E-state index is 11.6. The number of guanidine groups is 1. The summed E-state index contributed by atoms with van der Waals surface area (Å²) >= 11 is 1.80. The van der Waals surface area contributed by atoms with Crippen molar-refractivity contribution in [1.29, 1.82) is 0 Å². The maximum atomic E-state index is 11.6. The van der Waals surface area contributed by atoms with Crippen LogP contribution in [0.5, 0.6) is 0 Å². The summed E-state index contributed by atoms with van der Waals surface area (Å²) in [6.07, 6.45) is 3.85. The molecule has 2 aliphatic heterocycles. The fraction of sp³-hybridized carbons (Fsp3) is 0.588. The molecule has 0 aromatic heterocycles. The number of hydrogen-bond donors (Lipinski definition) is 1. The van der Waals surface area contributed by atoms with Gasteiger partial charge < -0.3 is 10.2 Å². The molecule has 8 heteroatoms. The van der Waals surface area contributed by atoms with Gasteiger partial charge in [-0.25, -0.2) is 8.42 Å². The normalized spacial score (nSPS) is 21.7. The zero-order valence-corrected chi connectivity index (χ0v) is 18.4. The molecular formula is C17H26IN3O2S2. The SMILES string of the molecule is CSCCNC(=NCC1CCS(=O)(=O)C1)N1CCc2ccccc21.I. The summed E-state index contributed by atoms with van der Waals surface area (Å²) in [5.74, 6) is 2.66. The van der Waals surface area contributed by atoms with E-state index in [9.17, 15) is 8.42 Å². The van der Waals surface area contributed by atoms with Crippen LogP contribution in [0.2, 0.25) is 0 Å². The van der Waals surface area contributed by atoms with Crippen molar-refractivity contribution in [1.82, 2.24) is 5.32 Å². The molecule has 1 saturated heterocycles. The summed E-state index contributed by atoms with van der Waals surface area (Å²) in [5.41, 5.74) is 2.56. The first-order valence-corrected chi connectivity index (χ1v) is 11.6. The van der Waals surface area contributed by atoms with Gasteiger partial charge in [-0.1, -0.05) is 18.2 Å². The molecule has 0 aliphatic carbocycles. The molecule has 2 heterocycles. The summed E-state index contributed by atoms with van der Waals surface area (Å²) in [4.78, 5) is 7.02. The Morgan fingerprint density at radius 1 is 1.40 bits per heavy atom. The molecule has 1 atom stereocenters. The van der Waals surface area contributed by atoms with Crippen molar-refractivity contribution in [2.24, 2.45) is 10.9 Å². The summed E-state index contributed by atoms with van der Waals surface area (Å²) < 4.78 is 23.3. The maximum Gasteiger partial charge on any atom is 0.198 e. The van der Waals surface area contributed by atoms with E-state index in [0.717, 1.165) is 37.6 Å². The van der Waals surface area contributed by atoms with Gasteiger partial charge in [-0.05, 0) is 36.6 Å². The second kappa shape index (κ2) is 9.45. The molecule has 1 aromatic carbocycles. The highest BCUT2D eigenvalue weighted by Crippen LogP contribution is 2.27. The highest BCUT2D eigenvalue weighted by molar-refractivity contribution is 14.0. The van der Waals surface area contributed by atoms with Gasteiger partial charge in [0.25, 0.3) is 0 Å². The van der Waals surface area contributed by atoms with Gasteiger partial charge in [0.15, 0.2) is 15.8 Å². The molecular weight excluding hydrogens is 469 g/mol. The van der Waals surface area contributed by atoms with Gasteiger partial charge in [-0.15, -0.1) is 24.0 Å². The number of thioether (sulfide) groups is 1. The van der Waals surface area contributed by atoms with Crippen molar-refractivity contribution in [2.75, 3.05) is 48.0 Å². The summed E-state index contributed by atoms with van der Waals surface area (Å²) in [6, 6.07) is 8.43. The van der Waals surface area contributed by atoms with Gasteiger partial charge in [0.05, 0.1) is 11.5 Å². The van der Waals surface area contributed by atoms with E-state index >= 15 is 0 Å². The molecule has 0 saturated carbocycles. The molecule has 3 rings (SSSR count). The van der Waals surface area contributed by atoms with Crippen molar-refractivity contribution < 1.29 is 8.42 Å². The molecule has 5 nitrogen and oxygen atoms in total. The van der Waals surface area contributed by atoms with Gasteiger partial charge in [0.2, 0.25) is 0 Å². The molecule has 0 amide bonds. The minimum Gasteiger partial charge on any atom is -0.355 e. The molecule has 1 unspecified atom stereocenters. The van der Waals surface area contributed by atoms with Crippen LogP contribution in [0.25, 0.3) is 0 Å². The van der Waals surface area contributed by atoms with Crippen LogP contribution in [0.15, 0.2) is 29.3 Å². The molecule has 140 valence electrons. The average Bonchev–Trinajstić information content (AvgIpc) is 3.14. The van der Waals surface area contributed by atoms with Crippen LogP contribution in [0, 0.1) is 5.92 Å². The highest BCUT2D eigenvalue weighted by atomic mass is 127. The second-order valence-corrected chi connectivity index (χ2v) is 9.60. The summed E-state index contributed by atoms with van der Waals surface area (Å²) in [6.45, 7) is 2.37. The first kappa shape index (κ1) is 20.8. The number of benzene rings is 1. The molecule has 1 aromatic rings. The van der Waals surface area contributed by atoms with Crippen LogP contribution in [-0.4, -0.2) is 57.5 Å². The summed E-state index contributed by atoms with van der Waals surface area (Å²) in [7, 11) is -2.84. The predicted molar refractivity (Wildman–Crippen MR) is 118 cm³/mol. The van der Waals surface area contributed by atoms with E-state index in [0.29, 0.717) is 12.3 Å². The van der Waals surface area contributed by atoms with Crippen molar-refractivity contribution in [2.45, 2.75) is 12.8 Å². The number of aliphatic imine (C=N–C) groups is 1. The Hall–Kier alpha value is -0.480. The van der Waals surface area contributed by atoms with E-state index in [2.05, 4.69) is 40.7 Å². The lowest BCUT2D eigenvalue weighted by molar-refractivity contribution is 0.590. The molecule has 1 N–H and O–H groups in total. The standard InChI is InChI=1S/C17H25N3O2S2.HI/c1-23-10-8-18-17(19-12-14-7-11-24(21,22)13-14)20-9-6-15-4-2-3-5-16(15)20;/h2-5,14H,6-13H2,1H3,(H,18,19);1H. The lowest BCUT2D eigenvalue weighted by Gasteiger charge is -2.23. The Morgan fingerprint density at radius 2 is 2.20 bits per heavy atom. The third-order valence-electron chi connectivity index (χ3n) is 4.56. The first-order chi connectivity index (χ1) is 11.6. The predicted octanol–water partition coefficient (Wildman–Crippen LogP) is 2.41. The third kappa shape index (κ3) is 5.50. The van der Waals surface area contributed by atoms with Crippen LogP contribution in [0.3, 0.4) is 0 Å². The van der Waals surface area contributed by atoms with Crippen LogP contribution in [-0.2, 0) is 16.3 Å². The molecule has 0 radical (unpaired) electrons. The van der Waals surface area contributed by atoms with Crippen LogP contribution >= 0.6 is 35.7 Å². The van der Waals surface area contributed by atoms with Gasteiger partial charge in [0, 0.05) is 31.1 Å². The number of halogens is 1. The second-order valence-electron chi connectivity index (χ2n) is 6.38. The van der Waals surface area contributed by atoms with Gasteiger partial charge >= 0.3 is 0 Å². The Morgan fingerprint density at radius 3 is 2.92 bits per heavy atom. The molecule has 25 heavy (non-hydrogen) atoms. The topological polar surface area (TPSA) is 61.8 Å². The summed E-state index contributed by atoms with van der Waals surface area (Å²) in [5, 5.41) is 3.45. The van der Waals surface area contributed by atoms with E-state index < -0.39 is 9.84 Å². The smallest absolute Gasteiger partial charge is 0.198 e. The van der Waals surface area contributed by atoms with Gasteiger partial charge in [-0.2, -0.15) is 11.8 Å². The molecule has 0 spiro atoms. The van der Waals surface area contributed by atoms with Crippen LogP contribution in [0.1, 0.15) is 12.0 Å². The third-order valence-corrected chi connectivity index (χ3v) is 7.01. The minimum absolute atomic E-state index is 0. The first-order valence-electron chi connectivity index (χ1n) is 8.42. The average molecular weight is 495 g/mol. The Balaban J connectivity index is 0.00000225. The van der Waals surface area contributed by atoms with E-state index in [4.69, 9.17) is 4.99 Å². The fourth-order valence-corrected chi connectivity index (χ4v) is 5.45. The number of rotatable bonds is 5. The van der Waals surface area contributed by atoms with Crippen molar-refractivity contribution in [3.63, 3.8) is 0 Å². The number of fused-ring (bicyclic) bond motifs is 1. The Kier molecular flexibility index (Phi) is 7.88. The van der Waals surface area contributed by atoms with E-state index in [1.54, 1.807) is 11.8 Å². The number of para-hydroxylation sites is 1. The zero-order chi connectivity index (χ0) is 17.0. The lowest BCUT2D eigenvalue weighted by Crippen LogP contribution is -2.42. The monoisotopic (exact) mass is 495 g/mol. The quantitative estimate of drug-likeness (QED) is 0.294. The van der Waals surface area contributed by atoms with E-state index in [-0.39, 0.29) is 35.6 Å². The zero-order valence-electron chi connectivity index (χ0n) is 14.5. The van der Waals surface area contributed by atoms with Crippen LogP contribution in [0.4, 0.5) is 5.69 Å². The number of sulfone groups is 1. The van der Waals surface area contributed by atoms with Gasteiger partial charge in [0.1, 0.15) is 0 Å². The van der Waals surface area contributed by atoms with Crippen molar-refractivity contribution in [3.8, 4) is 0 Å². The fourth-order valence-electron chi connectivity index (χ4n) is 3.29. The minimum atomic E-state index is -2.84.